The summed E-state index contributed by atoms with van der Waals surface area (Å²) in [5.41, 5.74) is 1.74. The number of carbonyl (C=O) groups excluding carboxylic acids is 3. The summed E-state index contributed by atoms with van der Waals surface area (Å²) in [6, 6.07) is 19.6. The molecule has 1 heterocycles. The molecule has 0 unspecified atom stereocenters. The first-order chi connectivity index (χ1) is 19.5. The largest absolute Gasteiger partial charge is 0.418 e. The number of likely N-dealkylation sites (tertiary alicyclic amines) is 1. The van der Waals surface area contributed by atoms with E-state index in [1.54, 1.807) is 0 Å². The summed E-state index contributed by atoms with van der Waals surface area (Å²) in [6.07, 6.45) is -3.30. The Morgan fingerprint density at radius 1 is 0.756 bits per heavy atom. The molecule has 1 fully saturated rings. The molecule has 0 aromatic heterocycles. The zero-order valence-electron chi connectivity index (χ0n) is 21.7. The number of halogens is 5. The first-order valence-corrected chi connectivity index (χ1v) is 14.2. The Kier molecular flexibility index (Phi) is 6.70. The third-order valence-corrected chi connectivity index (χ3v) is 9.75. The van der Waals surface area contributed by atoms with E-state index >= 15 is 0 Å². The number of rotatable bonds is 7. The minimum Gasteiger partial charge on any atom is -0.326 e. The summed E-state index contributed by atoms with van der Waals surface area (Å²) < 4.78 is 39.6. The van der Waals surface area contributed by atoms with E-state index in [0.717, 1.165) is 28.3 Å². The van der Waals surface area contributed by atoms with Crippen LogP contribution in [0.2, 0.25) is 0 Å². The first kappa shape index (κ1) is 27.8. The highest BCUT2D eigenvalue weighted by atomic mass is 35.5. The molecule has 0 radical (unpaired) electrons. The lowest BCUT2D eigenvalue weighted by atomic mass is 9.54. The van der Waals surface area contributed by atoms with Crippen LogP contribution in [0.15, 0.2) is 72.8 Å². The van der Waals surface area contributed by atoms with Crippen LogP contribution in [-0.2, 0) is 30.3 Å². The van der Waals surface area contributed by atoms with Gasteiger partial charge < -0.3 is 5.32 Å². The molecule has 3 aromatic carbocycles. The molecule has 3 aliphatic carbocycles. The number of unbranched alkanes of at least 4 members (excludes halogenated alkanes) is 2. The lowest BCUT2D eigenvalue weighted by Crippen LogP contribution is -2.57. The SMILES string of the molecule is O=C(CCCCCN1C(=O)[C@@H]2[C@H](C1=O)C1(Cl)c3ccccc3C2(Cl)c2ccccc21)Nc1ccccc1C(F)(F)F. The molecule has 0 saturated carbocycles. The zero-order valence-corrected chi connectivity index (χ0v) is 23.2. The Bertz CT molecular complexity index is 1450. The predicted molar refractivity (Wildman–Crippen MR) is 148 cm³/mol. The Hall–Kier alpha value is -3.36. The maximum Gasteiger partial charge on any atom is 0.418 e. The number of nitrogens with one attached hydrogen (secondary N) is 1. The summed E-state index contributed by atoms with van der Waals surface area (Å²) in [7, 11) is 0. The number of benzene rings is 3. The van der Waals surface area contributed by atoms with E-state index < -0.39 is 39.2 Å². The van der Waals surface area contributed by atoms with Crippen LogP contribution in [0.25, 0.3) is 0 Å². The molecule has 1 saturated heterocycles. The molecule has 1 N–H and O–H groups in total. The quantitative estimate of drug-likeness (QED) is 0.184. The molecule has 0 spiro atoms. The van der Waals surface area contributed by atoms with Crippen molar-refractivity contribution in [3.63, 3.8) is 0 Å². The molecule has 1 aliphatic heterocycles. The van der Waals surface area contributed by atoms with Gasteiger partial charge in [-0.1, -0.05) is 67.1 Å². The Morgan fingerprint density at radius 3 is 1.71 bits per heavy atom. The van der Waals surface area contributed by atoms with Crippen LogP contribution in [0, 0.1) is 11.8 Å². The van der Waals surface area contributed by atoms with Gasteiger partial charge in [0.2, 0.25) is 17.7 Å². The molecule has 2 bridgehead atoms. The molecule has 212 valence electrons. The maximum atomic E-state index is 13.8. The number of anilines is 1. The molecule has 41 heavy (non-hydrogen) atoms. The number of imide groups is 1. The van der Waals surface area contributed by atoms with Crippen molar-refractivity contribution >= 4 is 46.6 Å². The standard InChI is InChI=1S/C31H25Cl2F3N2O3/c32-29-18-10-3-4-11-19(18)30(33,21-13-6-5-12-20(21)29)26-25(29)27(40)38(28(26)41)17-9-1-2-16-24(39)37-23-15-8-7-14-22(23)31(34,35)36/h3-8,10-15,25-26H,1-2,9,16-17H2,(H,37,39)/t25-,26+,29?,30?. The van der Waals surface area contributed by atoms with Gasteiger partial charge in [-0.2, -0.15) is 13.2 Å². The minimum absolute atomic E-state index is 0.000461. The highest BCUT2D eigenvalue weighted by molar-refractivity contribution is 6.36. The number of hydrogen-bond donors (Lipinski definition) is 1. The number of alkyl halides is 5. The maximum absolute atomic E-state index is 13.8. The van der Waals surface area contributed by atoms with E-state index in [1.165, 1.54) is 23.1 Å². The van der Waals surface area contributed by atoms with Crippen molar-refractivity contribution in [3.8, 4) is 0 Å². The third kappa shape index (κ3) is 4.09. The molecule has 3 aromatic rings. The fraction of sp³-hybridized carbons (Fsp3) is 0.323. The van der Waals surface area contributed by atoms with Crippen LogP contribution >= 0.6 is 23.2 Å². The summed E-state index contributed by atoms with van der Waals surface area (Å²) >= 11 is 14.8. The van der Waals surface area contributed by atoms with Gasteiger partial charge in [0.1, 0.15) is 9.75 Å². The zero-order chi connectivity index (χ0) is 29.2. The van der Waals surface area contributed by atoms with Crippen molar-refractivity contribution in [3.05, 3.63) is 101 Å². The fourth-order valence-electron chi connectivity index (χ4n) is 6.73. The van der Waals surface area contributed by atoms with Crippen LogP contribution < -0.4 is 5.32 Å². The van der Waals surface area contributed by atoms with Gasteiger partial charge >= 0.3 is 6.18 Å². The monoisotopic (exact) mass is 600 g/mol. The predicted octanol–water partition coefficient (Wildman–Crippen LogP) is 6.80. The van der Waals surface area contributed by atoms with Crippen molar-refractivity contribution in [2.24, 2.45) is 11.8 Å². The van der Waals surface area contributed by atoms with E-state index in [4.69, 9.17) is 23.2 Å². The normalized spacial score (nSPS) is 26.0. The van der Waals surface area contributed by atoms with Gasteiger partial charge in [0, 0.05) is 13.0 Å². The Balaban J connectivity index is 1.14. The molecule has 5 nitrogen and oxygen atoms in total. The fourth-order valence-corrected chi connectivity index (χ4v) is 7.83. The molecule has 2 atom stereocenters. The van der Waals surface area contributed by atoms with Crippen molar-refractivity contribution in [1.29, 1.82) is 0 Å². The van der Waals surface area contributed by atoms with Gasteiger partial charge in [-0.15, -0.1) is 23.2 Å². The number of amides is 3. The lowest BCUT2D eigenvalue weighted by Gasteiger charge is -2.54. The highest BCUT2D eigenvalue weighted by Crippen LogP contribution is 2.69. The van der Waals surface area contributed by atoms with Gasteiger partial charge in [-0.05, 0) is 47.2 Å². The summed E-state index contributed by atoms with van der Waals surface area (Å²) in [5, 5.41) is 2.33. The van der Waals surface area contributed by atoms with Gasteiger partial charge in [0.25, 0.3) is 0 Å². The van der Waals surface area contributed by atoms with Gasteiger partial charge in [0.15, 0.2) is 0 Å². The number of para-hydroxylation sites is 1. The molecule has 7 rings (SSSR count). The Morgan fingerprint density at radius 2 is 1.22 bits per heavy atom. The summed E-state index contributed by atoms with van der Waals surface area (Å²) in [5.74, 6) is -3.01. The lowest BCUT2D eigenvalue weighted by molar-refractivity contribution is -0.140. The number of hydrogen-bond acceptors (Lipinski definition) is 3. The van der Waals surface area contributed by atoms with Crippen LogP contribution in [-0.4, -0.2) is 29.2 Å². The highest BCUT2D eigenvalue weighted by Gasteiger charge is 2.72. The van der Waals surface area contributed by atoms with E-state index in [0.29, 0.717) is 19.3 Å². The molecular weight excluding hydrogens is 576 g/mol. The number of nitrogens with zero attached hydrogens (tertiary/aromatic N) is 1. The van der Waals surface area contributed by atoms with E-state index in [-0.39, 0.29) is 30.5 Å². The smallest absolute Gasteiger partial charge is 0.326 e. The van der Waals surface area contributed by atoms with Crippen LogP contribution in [0.4, 0.5) is 18.9 Å². The second-order valence-corrected chi connectivity index (χ2v) is 11.9. The van der Waals surface area contributed by atoms with E-state index in [2.05, 4.69) is 5.32 Å². The summed E-state index contributed by atoms with van der Waals surface area (Å²) in [6.45, 7) is 0.135. The molecule has 4 aliphatic rings. The average Bonchev–Trinajstić information content (AvgIpc) is 3.21. The Labute approximate surface area is 244 Å². The van der Waals surface area contributed by atoms with Crippen LogP contribution in [0.3, 0.4) is 0 Å². The second kappa shape index (κ2) is 9.88. The van der Waals surface area contributed by atoms with Crippen molar-refractivity contribution in [1.82, 2.24) is 4.90 Å². The van der Waals surface area contributed by atoms with Crippen molar-refractivity contribution in [2.75, 3.05) is 11.9 Å². The van der Waals surface area contributed by atoms with Gasteiger partial charge in [0.05, 0.1) is 23.1 Å². The average molecular weight is 601 g/mol. The first-order valence-electron chi connectivity index (χ1n) is 13.4. The second-order valence-electron chi connectivity index (χ2n) is 10.7. The minimum atomic E-state index is -4.58. The molecule has 3 amide bonds. The van der Waals surface area contributed by atoms with Crippen molar-refractivity contribution in [2.45, 2.75) is 41.6 Å². The van der Waals surface area contributed by atoms with Crippen LogP contribution in [0.1, 0.15) is 53.5 Å². The topological polar surface area (TPSA) is 66.5 Å². The molecule has 10 heteroatoms. The van der Waals surface area contributed by atoms with Crippen molar-refractivity contribution < 1.29 is 27.6 Å². The van der Waals surface area contributed by atoms with Gasteiger partial charge in [-0.3, -0.25) is 19.3 Å². The van der Waals surface area contributed by atoms with Crippen LogP contribution in [0.5, 0.6) is 0 Å². The summed E-state index contributed by atoms with van der Waals surface area (Å²) in [4.78, 5) is 38.7. The van der Waals surface area contributed by atoms with E-state index in [9.17, 15) is 27.6 Å². The molecular formula is C31H25Cl2F3N2O3. The number of carbonyl (C=O) groups is 3. The van der Waals surface area contributed by atoms with Gasteiger partial charge in [-0.25, -0.2) is 0 Å². The third-order valence-electron chi connectivity index (χ3n) is 8.47. The van der Waals surface area contributed by atoms with E-state index in [1.807, 2.05) is 48.5 Å².